The van der Waals surface area contributed by atoms with Crippen molar-refractivity contribution in [2.75, 3.05) is 13.2 Å². The molecule has 0 aliphatic carbocycles. The van der Waals surface area contributed by atoms with Gasteiger partial charge in [-0.15, -0.1) is 10.1 Å². The Morgan fingerprint density at radius 3 is 1.12 bits per heavy atom. The molecule has 3 aromatic carbocycles. The van der Waals surface area contributed by atoms with Crippen LogP contribution in [0.1, 0.15) is 134 Å². The third-order valence-corrected chi connectivity index (χ3v) is 11.9. The fourth-order valence-corrected chi connectivity index (χ4v) is 8.01. The molecule has 29 heteroatoms. The van der Waals surface area contributed by atoms with E-state index in [0.29, 0.717) is 21.3 Å². The summed E-state index contributed by atoms with van der Waals surface area (Å²) >= 11 is 0. The van der Waals surface area contributed by atoms with Crippen LogP contribution in [0.4, 0.5) is 0 Å². The van der Waals surface area contributed by atoms with Crippen molar-refractivity contribution in [3.8, 4) is 0 Å². The van der Waals surface area contributed by atoms with E-state index in [0.717, 1.165) is 13.2 Å². The standard InChI is InChI=1S/C19H19NO9.C15H16O7.C11H13NO7.C8H8O3.C4H8O/c1-19(2)27-12(17(24)28-19)10-15(23)26-16(11-6-4-3-5-7-11)18(25)29-20-13(21)8-9-14(20)22;1-15(2)21-10(14(19)22-15)8-11(16)20-12(13(17)18)9-6-4-3-5-7-9;1-11(2)17-6(10(16)18-11)5-9(15)19-12-7(13)3-4-8(12)14;9-7(8(10)11)6-4-2-1-3-5-6;1-2-4-5-3-1/h3-7,12,16H,8-10H2,1-2H3;3-7,10,12H,8H2,1-2H3,(H,17,18);6H,3-5H2,1-2H3;1-5,7,9H,(H,10,11);1-4H2/t12-,16-;10-,12-;6-;7-;/m0000./s1. The average molecular weight is 1210 g/mol. The molecule has 464 valence electrons. The van der Waals surface area contributed by atoms with E-state index in [1.807, 2.05) is 0 Å². The fourth-order valence-electron chi connectivity index (χ4n) is 8.01. The molecule has 29 nitrogen and oxygen atoms in total. The van der Waals surface area contributed by atoms with E-state index in [2.05, 4.69) is 4.84 Å². The number of amides is 4. The number of cyclic esters (lactones) is 3. The highest BCUT2D eigenvalue weighted by Crippen LogP contribution is 2.30. The number of benzene rings is 3. The maximum Gasteiger partial charge on any atom is 0.378 e. The number of rotatable bonds is 16. The lowest BCUT2D eigenvalue weighted by Crippen LogP contribution is -2.35. The SMILES string of the molecule is C1CCOC1.CC1(C)OC(=O)[C@H](CC(=O)ON2C(=O)CCC2=O)O1.CC1(C)OC(=O)[C@H](CC(=O)O[C@H](C(=O)O)c2ccccc2)O1.CC1(C)OC(=O)[C@H](CC(=O)O[C@H](C(=O)ON2C(=O)CCC2=O)c2ccccc2)O1.O=C(O)[C@@H](O)c1ccccc1. The molecule has 0 saturated carbocycles. The molecule has 6 atom stereocenters. The average Bonchev–Trinajstić information content (AvgIpc) is 3.28. The summed E-state index contributed by atoms with van der Waals surface area (Å²) in [4.78, 5) is 160. The Hall–Kier alpha value is -9.03. The summed E-state index contributed by atoms with van der Waals surface area (Å²) in [6, 6.07) is 24.2. The third kappa shape index (κ3) is 20.9. The van der Waals surface area contributed by atoms with Gasteiger partial charge < -0.3 is 67.6 Å². The van der Waals surface area contributed by atoms with Crippen molar-refractivity contribution in [2.45, 2.75) is 153 Å². The molecule has 3 aromatic rings. The molecule has 6 aliphatic rings. The highest BCUT2D eigenvalue weighted by atomic mass is 16.8. The summed E-state index contributed by atoms with van der Waals surface area (Å²) in [6.07, 6.45) is -6.60. The predicted octanol–water partition coefficient (Wildman–Crippen LogP) is 3.63. The van der Waals surface area contributed by atoms with E-state index >= 15 is 0 Å². The molecule has 86 heavy (non-hydrogen) atoms. The monoisotopic (exact) mass is 1210 g/mol. The van der Waals surface area contributed by atoms with Gasteiger partial charge in [-0.05, 0) is 18.4 Å². The van der Waals surface area contributed by atoms with Crippen molar-refractivity contribution < 1.29 is 130 Å². The highest BCUT2D eigenvalue weighted by molar-refractivity contribution is 6.02. The number of aliphatic hydroxyl groups is 1. The van der Waals surface area contributed by atoms with Gasteiger partial charge in [0.1, 0.15) is 0 Å². The Morgan fingerprint density at radius 2 is 0.802 bits per heavy atom. The van der Waals surface area contributed by atoms with Gasteiger partial charge in [0.25, 0.3) is 23.6 Å². The van der Waals surface area contributed by atoms with Crippen molar-refractivity contribution in [3.05, 3.63) is 108 Å². The number of aliphatic carboxylic acids is 2. The number of carbonyl (C=O) groups excluding carboxylic acids is 11. The zero-order chi connectivity index (χ0) is 63.5. The van der Waals surface area contributed by atoms with E-state index < -0.39 is 151 Å². The first-order valence-corrected chi connectivity index (χ1v) is 26.6. The molecule has 9 rings (SSSR count). The van der Waals surface area contributed by atoms with E-state index in [9.17, 15) is 67.4 Å². The number of nitrogens with zero attached hydrogens (tertiary/aromatic N) is 2. The topological polar surface area (TPSA) is 391 Å². The molecule has 0 bridgehead atoms. The first kappa shape index (κ1) is 67.8. The fraction of sp³-hybridized carbons (Fsp3) is 0.456. The third-order valence-electron chi connectivity index (χ3n) is 11.9. The lowest BCUT2D eigenvalue weighted by molar-refractivity contribution is -0.206. The zero-order valence-electron chi connectivity index (χ0n) is 47.4. The molecule has 0 radical (unpaired) electrons. The molecule has 4 amide bonds. The number of carbonyl (C=O) groups is 13. The van der Waals surface area contributed by atoms with Gasteiger partial charge in [-0.1, -0.05) is 91.0 Å². The predicted molar refractivity (Wildman–Crippen MR) is 281 cm³/mol. The largest absolute Gasteiger partial charge is 0.479 e. The molecule has 6 saturated heterocycles. The van der Waals surface area contributed by atoms with Crippen LogP contribution >= 0.6 is 0 Å². The minimum atomic E-state index is -1.55. The summed E-state index contributed by atoms with van der Waals surface area (Å²) in [5, 5.41) is 27.3. The second kappa shape index (κ2) is 30.7. The highest BCUT2D eigenvalue weighted by Gasteiger charge is 2.46. The van der Waals surface area contributed by atoms with E-state index in [1.165, 1.54) is 64.8 Å². The molecular formula is C57H64N2O27. The Bertz CT molecular complexity index is 2920. The number of hydroxylamine groups is 4. The smallest absolute Gasteiger partial charge is 0.378 e. The van der Waals surface area contributed by atoms with Crippen LogP contribution in [0.15, 0.2) is 91.0 Å². The van der Waals surface area contributed by atoms with Crippen LogP contribution in [0, 0.1) is 0 Å². The number of hydrogen-bond donors (Lipinski definition) is 3. The Labute approximate surface area is 490 Å². The molecule has 6 aliphatic heterocycles. The molecule has 0 aromatic heterocycles. The first-order chi connectivity index (χ1) is 40.4. The number of esters is 5. The summed E-state index contributed by atoms with van der Waals surface area (Å²) in [6.45, 7) is 11.2. The zero-order valence-corrected chi connectivity index (χ0v) is 47.4. The van der Waals surface area contributed by atoms with Gasteiger partial charge in [0, 0.05) is 91.6 Å². The van der Waals surface area contributed by atoms with Gasteiger partial charge in [-0.2, -0.15) is 0 Å². The summed E-state index contributed by atoms with van der Waals surface area (Å²) in [7, 11) is 0. The molecule has 6 fully saturated rings. The van der Waals surface area contributed by atoms with Gasteiger partial charge in [0.05, 0.1) is 19.3 Å². The van der Waals surface area contributed by atoms with E-state index in [4.69, 9.17) is 57.7 Å². The minimum absolute atomic E-state index is 0.0150. The van der Waals surface area contributed by atoms with Crippen LogP contribution in [0.5, 0.6) is 0 Å². The number of carboxylic acids is 2. The second-order valence-corrected chi connectivity index (χ2v) is 20.3. The first-order valence-electron chi connectivity index (χ1n) is 26.6. The number of imide groups is 2. The van der Waals surface area contributed by atoms with E-state index in [1.54, 1.807) is 80.6 Å². The molecule has 0 spiro atoms. The van der Waals surface area contributed by atoms with Gasteiger partial charge >= 0.3 is 53.7 Å². The van der Waals surface area contributed by atoms with Crippen LogP contribution in [-0.2, 0) is 115 Å². The number of carboxylic acid groups (broad SMARTS) is 2. The van der Waals surface area contributed by atoms with Gasteiger partial charge in [0.2, 0.25) is 29.6 Å². The summed E-state index contributed by atoms with van der Waals surface area (Å²) in [5.74, 6) is -14.2. The maximum atomic E-state index is 12.6. The van der Waals surface area contributed by atoms with Crippen LogP contribution < -0.4 is 0 Å². The van der Waals surface area contributed by atoms with Gasteiger partial charge in [-0.25, -0.2) is 33.6 Å². The van der Waals surface area contributed by atoms with Gasteiger partial charge in [-0.3, -0.25) is 28.8 Å². The van der Waals surface area contributed by atoms with Crippen LogP contribution in [0.2, 0.25) is 0 Å². The summed E-state index contributed by atoms with van der Waals surface area (Å²) < 4.78 is 45.6. The second-order valence-electron chi connectivity index (χ2n) is 20.3. The maximum absolute atomic E-state index is 12.6. The number of ether oxygens (including phenoxy) is 9. The lowest BCUT2D eigenvalue weighted by Gasteiger charge is -2.20. The molecule has 6 heterocycles. The minimum Gasteiger partial charge on any atom is -0.479 e. The van der Waals surface area contributed by atoms with Crippen LogP contribution in [0.3, 0.4) is 0 Å². The van der Waals surface area contributed by atoms with Crippen molar-refractivity contribution in [1.29, 1.82) is 0 Å². The van der Waals surface area contributed by atoms with E-state index in [-0.39, 0.29) is 31.2 Å². The quantitative estimate of drug-likeness (QED) is 0.105. The van der Waals surface area contributed by atoms with Crippen molar-refractivity contribution in [2.24, 2.45) is 0 Å². The number of aliphatic hydroxyl groups excluding tert-OH is 1. The normalized spacial score (nSPS) is 21.3. The van der Waals surface area contributed by atoms with Crippen molar-refractivity contribution in [1.82, 2.24) is 10.1 Å². The van der Waals surface area contributed by atoms with Crippen LogP contribution in [-0.4, -0.2) is 152 Å². The van der Waals surface area contributed by atoms with Crippen LogP contribution in [0.25, 0.3) is 0 Å². The number of hydrogen-bond acceptors (Lipinski definition) is 25. The lowest BCUT2D eigenvalue weighted by atomic mass is 10.1. The Balaban J connectivity index is 0.000000212. The molecular weight excluding hydrogens is 1140 g/mol. The Morgan fingerprint density at radius 1 is 0.477 bits per heavy atom. The van der Waals surface area contributed by atoms with Crippen molar-refractivity contribution >= 4 is 77.4 Å². The Kier molecular flexibility index (Phi) is 24.2. The molecule has 3 N–H and O–H groups in total. The summed E-state index contributed by atoms with van der Waals surface area (Å²) in [5.41, 5.74) is 0.999. The molecule has 0 unspecified atom stereocenters. The van der Waals surface area contributed by atoms with Gasteiger partial charge in [0.15, 0.2) is 24.4 Å². The van der Waals surface area contributed by atoms with Crippen molar-refractivity contribution in [3.63, 3.8) is 0 Å².